The Balaban J connectivity index is 2.45. The summed E-state index contributed by atoms with van der Waals surface area (Å²) < 4.78 is 0. The SMILES string of the molecule is CC(O)CNC(=O)C(N)c1cccs1. The molecule has 0 saturated heterocycles. The first-order valence-electron chi connectivity index (χ1n) is 4.36. The van der Waals surface area contributed by atoms with Crippen molar-refractivity contribution in [1.82, 2.24) is 5.32 Å². The molecule has 1 rings (SSSR count). The van der Waals surface area contributed by atoms with Gasteiger partial charge in [0.2, 0.25) is 5.91 Å². The molecule has 78 valence electrons. The molecule has 0 aliphatic carbocycles. The number of hydrogen-bond acceptors (Lipinski definition) is 4. The number of rotatable bonds is 4. The van der Waals surface area contributed by atoms with Crippen LogP contribution in [0.2, 0.25) is 0 Å². The van der Waals surface area contributed by atoms with E-state index in [2.05, 4.69) is 5.32 Å². The van der Waals surface area contributed by atoms with Crippen LogP contribution in [0, 0.1) is 0 Å². The molecule has 0 aromatic carbocycles. The molecule has 0 spiro atoms. The Labute approximate surface area is 86.7 Å². The normalized spacial score (nSPS) is 14.8. The minimum absolute atomic E-state index is 0.234. The van der Waals surface area contributed by atoms with Gasteiger partial charge in [0.15, 0.2) is 0 Å². The number of thiophene rings is 1. The smallest absolute Gasteiger partial charge is 0.242 e. The van der Waals surface area contributed by atoms with E-state index in [9.17, 15) is 4.79 Å². The van der Waals surface area contributed by atoms with Crippen molar-refractivity contribution < 1.29 is 9.90 Å². The Morgan fingerprint density at radius 1 is 1.79 bits per heavy atom. The first-order chi connectivity index (χ1) is 6.61. The number of hydrogen-bond donors (Lipinski definition) is 3. The molecule has 1 amide bonds. The van der Waals surface area contributed by atoms with Crippen molar-refractivity contribution in [3.63, 3.8) is 0 Å². The molecule has 2 unspecified atom stereocenters. The molecule has 14 heavy (non-hydrogen) atoms. The summed E-state index contributed by atoms with van der Waals surface area (Å²) in [5.74, 6) is -0.256. The van der Waals surface area contributed by atoms with Crippen LogP contribution < -0.4 is 11.1 Å². The molecule has 0 aliphatic heterocycles. The van der Waals surface area contributed by atoms with Crippen LogP contribution in [0.4, 0.5) is 0 Å². The highest BCUT2D eigenvalue weighted by Gasteiger charge is 2.16. The van der Waals surface area contributed by atoms with Crippen molar-refractivity contribution >= 4 is 17.2 Å². The molecule has 1 aromatic heterocycles. The zero-order chi connectivity index (χ0) is 10.6. The van der Waals surface area contributed by atoms with E-state index in [1.54, 1.807) is 6.92 Å². The second-order valence-electron chi connectivity index (χ2n) is 3.09. The summed E-state index contributed by atoms with van der Waals surface area (Å²) in [5, 5.41) is 13.4. The van der Waals surface area contributed by atoms with E-state index in [-0.39, 0.29) is 12.5 Å². The van der Waals surface area contributed by atoms with Crippen LogP contribution in [-0.4, -0.2) is 23.7 Å². The lowest BCUT2D eigenvalue weighted by molar-refractivity contribution is -0.122. The first kappa shape index (κ1) is 11.2. The van der Waals surface area contributed by atoms with Crippen molar-refractivity contribution in [3.05, 3.63) is 22.4 Å². The van der Waals surface area contributed by atoms with Gasteiger partial charge in [0.05, 0.1) is 6.10 Å². The van der Waals surface area contributed by atoms with E-state index < -0.39 is 12.1 Å². The van der Waals surface area contributed by atoms with E-state index in [4.69, 9.17) is 10.8 Å². The van der Waals surface area contributed by atoms with E-state index in [1.165, 1.54) is 11.3 Å². The van der Waals surface area contributed by atoms with Crippen LogP contribution in [0.5, 0.6) is 0 Å². The highest BCUT2D eigenvalue weighted by molar-refractivity contribution is 7.10. The van der Waals surface area contributed by atoms with Crippen LogP contribution in [0.1, 0.15) is 17.8 Å². The summed E-state index contributed by atoms with van der Waals surface area (Å²) >= 11 is 1.45. The van der Waals surface area contributed by atoms with Gasteiger partial charge in [-0.25, -0.2) is 0 Å². The fourth-order valence-corrected chi connectivity index (χ4v) is 1.68. The summed E-state index contributed by atoms with van der Waals surface area (Å²) in [6.45, 7) is 1.84. The van der Waals surface area contributed by atoms with Crippen molar-refractivity contribution in [2.45, 2.75) is 19.1 Å². The Kier molecular flexibility index (Phi) is 4.06. The number of nitrogens with one attached hydrogen (secondary N) is 1. The maximum absolute atomic E-state index is 11.4. The monoisotopic (exact) mass is 214 g/mol. The molecule has 0 aliphatic rings. The predicted molar refractivity (Wildman–Crippen MR) is 55.9 cm³/mol. The van der Waals surface area contributed by atoms with Crippen molar-refractivity contribution in [3.8, 4) is 0 Å². The van der Waals surface area contributed by atoms with Crippen molar-refractivity contribution in [2.75, 3.05) is 6.54 Å². The number of amides is 1. The van der Waals surface area contributed by atoms with E-state index in [0.29, 0.717) is 0 Å². The molecule has 5 heteroatoms. The third kappa shape index (κ3) is 3.10. The Morgan fingerprint density at radius 2 is 2.50 bits per heavy atom. The zero-order valence-electron chi connectivity index (χ0n) is 7.93. The number of nitrogens with two attached hydrogens (primary N) is 1. The number of aliphatic hydroxyl groups excluding tert-OH is 1. The lowest BCUT2D eigenvalue weighted by Crippen LogP contribution is -2.37. The summed E-state index contributed by atoms with van der Waals surface area (Å²) in [7, 11) is 0. The number of carbonyl (C=O) groups excluding carboxylic acids is 1. The average Bonchev–Trinajstić information content (AvgIpc) is 2.65. The van der Waals surface area contributed by atoms with Crippen LogP contribution >= 0.6 is 11.3 Å². The molecule has 2 atom stereocenters. The second-order valence-corrected chi connectivity index (χ2v) is 4.07. The van der Waals surface area contributed by atoms with Crippen molar-refractivity contribution in [1.29, 1.82) is 0 Å². The largest absolute Gasteiger partial charge is 0.392 e. The number of carbonyl (C=O) groups is 1. The Bertz CT molecular complexity index is 285. The van der Waals surface area contributed by atoms with E-state index in [0.717, 1.165) is 4.88 Å². The third-order valence-electron chi connectivity index (χ3n) is 1.70. The molecule has 4 N–H and O–H groups in total. The van der Waals surface area contributed by atoms with Crippen LogP contribution in [0.3, 0.4) is 0 Å². The first-order valence-corrected chi connectivity index (χ1v) is 5.24. The minimum atomic E-state index is -0.631. The Hall–Kier alpha value is -0.910. The molecular weight excluding hydrogens is 200 g/mol. The fraction of sp³-hybridized carbons (Fsp3) is 0.444. The molecule has 0 bridgehead atoms. The molecule has 0 fully saturated rings. The van der Waals surface area contributed by atoms with Crippen LogP contribution in [0.15, 0.2) is 17.5 Å². The van der Waals surface area contributed by atoms with Gasteiger partial charge in [-0.1, -0.05) is 6.07 Å². The highest BCUT2D eigenvalue weighted by atomic mass is 32.1. The van der Waals surface area contributed by atoms with Gasteiger partial charge in [0, 0.05) is 11.4 Å². The van der Waals surface area contributed by atoms with Gasteiger partial charge in [0.1, 0.15) is 6.04 Å². The van der Waals surface area contributed by atoms with Gasteiger partial charge in [-0.05, 0) is 18.4 Å². The lowest BCUT2D eigenvalue weighted by atomic mass is 10.2. The molecule has 1 heterocycles. The summed E-state index contributed by atoms with van der Waals surface area (Å²) in [4.78, 5) is 12.2. The topological polar surface area (TPSA) is 75.3 Å². The molecule has 1 aromatic rings. The molecular formula is C9H14N2O2S. The van der Waals surface area contributed by atoms with Gasteiger partial charge >= 0.3 is 0 Å². The zero-order valence-corrected chi connectivity index (χ0v) is 8.75. The van der Waals surface area contributed by atoms with Crippen LogP contribution in [0.25, 0.3) is 0 Å². The maximum atomic E-state index is 11.4. The van der Waals surface area contributed by atoms with Gasteiger partial charge in [-0.3, -0.25) is 4.79 Å². The van der Waals surface area contributed by atoms with E-state index >= 15 is 0 Å². The summed E-state index contributed by atoms with van der Waals surface area (Å²) in [6.07, 6.45) is -0.547. The van der Waals surface area contributed by atoms with Crippen molar-refractivity contribution in [2.24, 2.45) is 5.73 Å². The molecule has 4 nitrogen and oxygen atoms in total. The molecule has 0 saturated carbocycles. The third-order valence-corrected chi connectivity index (χ3v) is 2.66. The van der Waals surface area contributed by atoms with Gasteiger partial charge in [-0.15, -0.1) is 11.3 Å². The number of aliphatic hydroxyl groups is 1. The van der Waals surface area contributed by atoms with Gasteiger partial charge < -0.3 is 16.2 Å². The quantitative estimate of drug-likeness (QED) is 0.672. The predicted octanol–water partition coefficient (Wildman–Crippen LogP) is 0.245. The summed E-state index contributed by atoms with van der Waals surface area (Å²) in [6, 6.07) is 3.03. The van der Waals surface area contributed by atoms with Crippen LogP contribution in [-0.2, 0) is 4.79 Å². The average molecular weight is 214 g/mol. The minimum Gasteiger partial charge on any atom is -0.392 e. The summed E-state index contributed by atoms with van der Waals surface area (Å²) in [5.41, 5.74) is 5.69. The highest BCUT2D eigenvalue weighted by Crippen LogP contribution is 2.16. The Morgan fingerprint density at radius 3 is 3.00 bits per heavy atom. The fourth-order valence-electron chi connectivity index (χ4n) is 0.956. The maximum Gasteiger partial charge on any atom is 0.242 e. The second kappa shape index (κ2) is 5.09. The van der Waals surface area contributed by atoms with E-state index in [1.807, 2.05) is 17.5 Å². The van der Waals surface area contributed by atoms with Gasteiger partial charge in [0.25, 0.3) is 0 Å². The standard InChI is InChI=1S/C9H14N2O2S/c1-6(12)5-11-9(13)8(10)7-3-2-4-14-7/h2-4,6,8,12H,5,10H2,1H3,(H,11,13). The van der Waals surface area contributed by atoms with Gasteiger partial charge in [-0.2, -0.15) is 0 Å². The molecule has 0 radical (unpaired) electrons. The lowest BCUT2D eigenvalue weighted by Gasteiger charge is -2.11.